The van der Waals surface area contributed by atoms with Crippen molar-refractivity contribution < 1.29 is 14.5 Å². The predicted molar refractivity (Wildman–Crippen MR) is 88.1 cm³/mol. The molecule has 0 N–H and O–H groups in total. The largest absolute Gasteiger partial charge is 0.442 e. The minimum atomic E-state index is -0.610. The van der Waals surface area contributed by atoms with Gasteiger partial charge in [-0.3, -0.25) is 10.1 Å². The van der Waals surface area contributed by atoms with Gasteiger partial charge in [-0.05, 0) is 33.3 Å². The average Bonchev–Trinajstić information content (AvgIpc) is 2.92. The van der Waals surface area contributed by atoms with E-state index in [-0.39, 0.29) is 16.5 Å². The molecule has 0 saturated carbocycles. The summed E-state index contributed by atoms with van der Waals surface area (Å²) in [4.78, 5) is 28.1. The number of nitro groups is 1. The molecule has 23 heavy (non-hydrogen) atoms. The van der Waals surface area contributed by atoms with Crippen LogP contribution in [0.5, 0.6) is 0 Å². The van der Waals surface area contributed by atoms with E-state index < -0.39 is 11.7 Å². The molecule has 0 spiro atoms. The quantitative estimate of drug-likeness (QED) is 0.484. The van der Waals surface area contributed by atoms with E-state index in [0.29, 0.717) is 18.8 Å². The fraction of sp³-hybridized carbons (Fsp3) is 0.500. The lowest BCUT2D eigenvalue weighted by molar-refractivity contribution is -0.384. The summed E-state index contributed by atoms with van der Waals surface area (Å²) in [6.45, 7) is 6.64. The van der Waals surface area contributed by atoms with Gasteiger partial charge in [0.15, 0.2) is 0 Å². The molecule has 0 radical (unpaired) electrons. The summed E-state index contributed by atoms with van der Waals surface area (Å²) in [6.07, 6.45) is 1.77. The number of benzene rings is 1. The summed E-state index contributed by atoms with van der Waals surface area (Å²) in [7, 11) is 0. The Labute approximate surface area is 135 Å². The van der Waals surface area contributed by atoms with Crippen LogP contribution < -0.4 is 4.90 Å². The number of rotatable bonds is 3. The minimum absolute atomic E-state index is 0.0716. The third kappa shape index (κ3) is 4.77. The highest BCUT2D eigenvalue weighted by Gasteiger charge is 2.26. The number of anilines is 1. The number of carbonyl (C=O) groups is 1. The third-order valence-corrected chi connectivity index (χ3v) is 3.43. The van der Waals surface area contributed by atoms with Gasteiger partial charge >= 0.3 is 6.09 Å². The first kappa shape index (κ1) is 16.9. The second-order valence-electron chi connectivity index (χ2n) is 6.50. The standard InChI is InChI=1S/C16H21N3O4/c1-16(2,3)23-15(20)17-10-12-8-9-18(11-12)13-6-4-5-7-14(13)19(21)22/h4-7,10,12H,8-9,11H2,1-3H3. The van der Waals surface area contributed by atoms with Crippen molar-refractivity contribution in [2.45, 2.75) is 32.8 Å². The summed E-state index contributed by atoms with van der Waals surface area (Å²) < 4.78 is 5.12. The first-order chi connectivity index (χ1) is 10.8. The average molecular weight is 319 g/mol. The van der Waals surface area contributed by atoms with Crippen molar-refractivity contribution in [3.8, 4) is 0 Å². The van der Waals surface area contributed by atoms with Crippen molar-refractivity contribution in [3.63, 3.8) is 0 Å². The zero-order valence-corrected chi connectivity index (χ0v) is 13.6. The van der Waals surface area contributed by atoms with Crippen molar-refractivity contribution >= 4 is 23.7 Å². The van der Waals surface area contributed by atoms with Crippen LogP contribution in [0.2, 0.25) is 0 Å². The first-order valence-electron chi connectivity index (χ1n) is 7.52. The van der Waals surface area contributed by atoms with Crippen LogP contribution in [0.25, 0.3) is 0 Å². The van der Waals surface area contributed by atoms with Crippen molar-refractivity contribution in [2.75, 3.05) is 18.0 Å². The maximum absolute atomic E-state index is 11.6. The fourth-order valence-electron chi connectivity index (χ4n) is 2.47. The number of carbonyl (C=O) groups excluding carboxylic acids is 1. The van der Waals surface area contributed by atoms with E-state index in [2.05, 4.69) is 4.99 Å². The Kier molecular flexibility index (Phi) is 4.98. The van der Waals surface area contributed by atoms with Crippen LogP contribution in [0.4, 0.5) is 16.2 Å². The van der Waals surface area contributed by atoms with Crippen LogP contribution in [0.3, 0.4) is 0 Å². The predicted octanol–water partition coefficient (Wildman–Crippen LogP) is 3.43. The van der Waals surface area contributed by atoms with Gasteiger partial charge in [0.1, 0.15) is 11.3 Å². The Balaban J connectivity index is 1.99. The van der Waals surface area contributed by atoms with Gasteiger partial charge in [0.25, 0.3) is 5.69 Å². The van der Waals surface area contributed by atoms with Gasteiger partial charge in [0, 0.05) is 31.3 Å². The molecular formula is C16H21N3O4. The Morgan fingerprint density at radius 1 is 1.43 bits per heavy atom. The summed E-state index contributed by atoms with van der Waals surface area (Å²) in [6, 6.07) is 6.67. The lowest BCUT2D eigenvalue weighted by Gasteiger charge is -2.18. The number of nitrogens with zero attached hydrogens (tertiary/aromatic N) is 3. The maximum Gasteiger partial charge on any atom is 0.433 e. The van der Waals surface area contributed by atoms with Gasteiger partial charge in [-0.2, -0.15) is 4.99 Å². The van der Waals surface area contributed by atoms with Crippen molar-refractivity contribution in [3.05, 3.63) is 34.4 Å². The van der Waals surface area contributed by atoms with Gasteiger partial charge < -0.3 is 9.64 Å². The van der Waals surface area contributed by atoms with Crippen LogP contribution in [0.15, 0.2) is 29.3 Å². The van der Waals surface area contributed by atoms with Crippen molar-refractivity contribution in [1.29, 1.82) is 0 Å². The summed E-state index contributed by atoms with van der Waals surface area (Å²) in [5.74, 6) is 0.0716. The molecule has 1 aromatic carbocycles. The molecule has 1 aliphatic heterocycles. The molecule has 7 nitrogen and oxygen atoms in total. The molecule has 1 saturated heterocycles. The number of para-hydroxylation sites is 2. The monoisotopic (exact) mass is 319 g/mol. The molecule has 1 atom stereocenters. The number of nitro benzene ring substituents is 1. The van der Waals surface area contributed by atoms with Gasteiger partial charge in [0.05, 0.1) is 4.92 Å². The molecule has 1 heterocycles. The van der Waals surface area contributed by atoms with E-state index in [4.69, 9.17) is 4.74 Å². The summed E-state index contributed by atoms with van der Waals surface area (Å²) in [5.41, 5.74) is 0.128. The fourth-order valence-corrected chi connectivity index (χ4v) is 2.47. The number of amides is 1. The first-order valence-corrected chi connectivity index (χ1v) is 7.52. The van der Waals surface area contributed by atoms with E-state index in [1.165, 1.54) is 6.07 Å². The van der Waals surface area contributed by atoms with Gasteiger partial charge in [-0.25, -0.2) is 4.79 Å². The highest BCUT2D eigenvalue weighted by Crippen LogP contribution is 2.31. The molecular weight excluding hydrogens is 298 g/mol. The van der Waals surface area contributed by atoms with Gasteiger partial charge in [0.2, 0.25) is 0 Å². The number of hydrogen-bond donors (Lipinski definition) is 0. The third-order valence-electron chi connectivity index (χ3n) is 3.43. The SMILES string of the molecule is CC(C)(C)OC(=O)N=CC1CCN(c2ccccc2[N+](=O)[O-])C1. The molecule has 0 aromatic heterocycles. The van der Waals surface area contributed by atoms with Crippen LogP contribution in [0, 0.1) is 16.0 Å². The molecule has 1 amide bonds. The molecule has 7 heteroatoms. The Morgan fingerprint density at radius 2 is 2.13 bits per heavy atom. The summed E-state index contributed by atoms with van der Waals surface area (Å²) in [5, 5.41) is 11.1. The van der Waals surface area contributed by atoms with Crippen LogP contribution in [-0.4, -0.2) is 35.9 Å². The number of aliphatic imine (C=N–C) groups is 1. The zero-order chi connectivity index (χ0) is 17.0. The Morgan fingerprint density at radius 3 is 2.78 bits per heavy atom. The Hall–Kier alpha value is -2.44. The molecule has 1 unspecified atom stereocenters. The van der Waals surface area contributed by atoms with Crippen molar-refractivity contribution in [1.82, 2.24) is 0 Å². The van der Waals surface area contributed by atoms with Gasteiger partial charge in [-0.1, -0.05) is 12.1 Å². The minimum Gasteiger partial charge on any atom is -0.442 e. The van der Waals surface area contributed by atoms with Crippen molar-refractivity contribution in [2.24, 2.45) is 10.9 Å². The smallest absolute Gasteiger partial charge is 0.433 e. The topological polar surface area (TPSA) is 85.0 Å². The molecule has 1 fully saturated rings. The molecule has 0 bridgehead atoms. The highest BCUT2D eigenvalue weighted by molar-refractivity contribution is 5.81. The van der Waals surface area contributed by atoms with E-state index in [1.54, 1.807) is 45.2 Å². The number of ether oxygens (including phenoxy) is 1. The van der Waals surface area contributed by atoms with E-state index in [1.807, 2.05) is 4.90 Å². The van der Waals surface area contributed by atoms with Crippen LogP contribution >= 0.6 is 0 Å². The molecule has 0 aliphatic carbocycles. The van der Waals surface area contributed by atoms with E-state index in [9.17, 15) is 14.9 Å². The second kappa shape index (κ2) is 6.76. The lowest BCUT2D eigenvalue weighted by Crippen LogP contribution is -2.23. The maximum atomic E-state index is 11.6. The molecule has 124 valence electrons. The Bertz CT molecular complexity index is 622. The molecule has 1 aromatic rings. The summed E-state index contributed by atoms with van der Waals surface area (Å²) >= 11 is 0. The highest BCUT2D eigenvalue weighted by atomic mass is 16.6. The molecule has 1 aliphatic rings. The van der Waals surface area contributed by atoms with Crippen LogP contribution in [-0.2, 0) is 4.74 Å². The normalized spacial score (nSPS) is 18.4. The van der Waals surface area contributed by atoms with E-state index in [0.717, 1.165) is 6.42 Å². The number of hydrogen-bond acceptors (Lipinski definition) is 5. The van der Waals surface area contributed by atoms with Crippen LogP contribution in [0.1, 0.15) is 27.2 Å². The van der Waals surface area contributed by atoms with E-state index >= 15 is 0 Å². The van der Waals surface area contributed by atoms with Gasteiger partial charge in [-0.15, -0.1) is 0 Å². The molecule has 2 rings (SSSR count). The lowest BCUT2D eigenvalue weighted by atomic mass is 10.1. The second-order valence-corrected chi connectivity index (χ2v) is 6.50. The zero-order valence-electron chi connectivity index (χ0n) is 13.6.